The smallest absolute Gasteiger partial charge is 0.316 e. The number of benzene rings is 3. The minimum atomic E-state index is -0.378. The summed E-state index contributed by atoms with van der Waals surface area (Å²) < 4.78 is 7.56. The summed E-state index contributed by atoms with van der Waals surface area (Å²) in [5.41, 5.74) is 4.20. The molecule has 0 atom stereocenters. The van der Waals surface area contributed by atoms with Crippen molar-refractivity contribution in [3.63, 3.8) is 0 Å². The molecule has 0 aliphatic carbocycles. The van der Waals surface area contributed by atoms with Crippen molar-refractivity contribution >= 4 is 23.2 Å². The number of rotatable bonds is 5. The molecule has 7 nitrogen and oxygen atoms in total. The maximum Gasteiger partial charge on any atom is 0.316 e. The molecule has 0 unspecified atom stereocenters. The molecule has 188 valence electrons. The Morgan fingerprint density at radius 1 is 0.919 bits per heavy atom. The monoisotopic (exact) mass is 514 g/mol. The van der Waals surface area contributed by atoms with Crippen LogP contribution in [0.5, 0.6) is 11.5 Å². The van der Waals surface area contributed by atoms with Gasteiger partial charge in [0, 0.05) is 38.1 Å². The largest absolute Gasteiger partial charge is 0.449 e. The Labute approximate surface area is 220 Å². The minimum absolute atomic E-state index is 0.0427. The lowest BCUT2D eigenvalue weighted by molar-refractivity contribution is -0.129. The Hall–Kier alpha value is -4.10. The average molecular weight is 515 g/mol. The first kappa shape index (κ1) is 24.6. The zero-order valence-electron chi connectivity index (χ0n) is 20.7. The number of ether oxygens (including phenoxy) is 1. The maximum atomic E-state index is 13.7. The number of anilines is 1. The van der Waals surface area contributed by atoms with Gasteiger partial charge in [0.15, 0.2) is 0 Å². The van der Waals surface area contributed by atoms with Gasteiger partial charge in [0.25, 0.3) is 0 Å². The van der Waals surface area contributed by atoms with Gasteiger partial charge in [0.2, 0.25) is 11.7 Å². The number of hydrogen-bond acceptors (Lipinski definition) is 5. The van der Waals surface area contributed by atoms with Crippen LogP contribution < -0.4 is 15.2 Å². The fourth-order valence-corrected chi connectivity index (χ4v) is 4.62. The fraction of sp³-hybridized carbons (Fsp3) is 0.207. The molecular weight excluding hydrogens is 488 g/mol. The Morgan fingerprint density at radius 3 is 2.24 bits per heavy atom. The van der Waals surface area contributed by atoms with Crippen LogP contribution in [0, 0.1) is 6.92 Å². The van der Waals surface area contributed by atoms with Crippen molar-refractivity contribution in [1.82, 2.24) is 14.7 Å². The molecule has 0 saturated carbocycles. The Morgan fingerprint density at radius 2 is 1.59 bits per heavy atom. The first-order valence-electron chi connectivity index (χ1n) is 12.1. The van der Waals surface area contributed by atoms with E-state index in [1.807, 2.05) is 41.3 Å². The van der Waals surface area contributed by atoms with Gasteiger partial charge in [-0.3, -0.25) is 9.59 Å². The summed E-state index contributed by atoms with van der Waals surface area (Å²) >= 11 is 6.04. The Kier molecular flexibility index (Phi) is 6.97. The van der Waals surface area contributed by atoms with Crippen LogP contribution >= 0.6 is 11.6 Å². The van der Waals surface area contributed by atoms with Crippen LogP contribution in [0.1, 0.15) is 12.5 Å². The third-order valence-electron chi connectivity index (χ3n) is 6.58. The van der Waals surface area contributed by atoms with Crippen molar-refractivity contribution in [2.45, 2.75) is 13.8 Å². The topological polar surface area (TPSA) is 67.7 Å². The summed E-state index contributed by atoms with van der Waals surface area (Å²) in [6.07, 6.45) is 1.65. The molecule has 1 fully saturated rings. The molecule has 1 aromatic heterocycles. The highest BCUT2D eigenvalue weighted by atomic mass is 35.5. The molecule has 2 heterocycles. The second kappa shape index (κ2) is 10.5. The van der Waals surface area contributed by atoms with E-state index in [1.54, 1.807) is 42.3 Å². The average Bonchev–Trinajstić information content (AvgIpc) is 2.91. The molecule has 0 bridgehead atoms. The molecule has 1 aliphatic rings. The molecule has 0 N–H and O–H groups in total. The van der Waals surface area contributed by atoms with Crippen molar-refractivity contribution in [3.8, 4) is 28.3 Å². The first-order chi connectivity index (χ1) is 17.9. The highest BCUT2D eigenvalue weighted by Crippen LogP contribution is 2.32. The third kappa shape index (κ3) is 5.22. The predicted octanol–water partition coefficient (Wildman–Crippen LogP) is 5.32. The molecule has 0 radical (unpaired) electrons. The van der Waals surface area contributed by atoms with Gasteiger partial charge in [0.1, 0.15) is 11.4 Å². The van der Waals surface area contributed by atoms with Crippen LogP contribution in [-0.4, -0.2) is 46.8 Å². The van der Waals surface area contributed by atoms with E-state index in [0.717, 1.165) is 11.1 Å². The van der Waals surface area contributed by atoms with Crippen LogP contribution in [0.4, 0.5) is 5.69 Å². The number of piperazine rings is 1. The van der Waals surface area contributed by atoms with Crippen molar-refractivity contribution in [1.29, 1.82) is 0 Å². The predicted molar refractivity (Wildman–Crippen MR) is 146 cm³/mol. The van der Waals surface area contributed by atoms with Gasteiger partial charge in [0.05, 0.1) is 11.9 Å². The lowest BCUT2D eigenvalue weighted by Crippen LogP contribution is -2.48. The van der Waals surface area contributed by atoms with Crippen molar-refractivity contribution in [2.75, 3.05) is 31.1 Å². The minimum Gasteiger partial charge on any atom is -0.449 e. The lowest BCUT2D eigenvalue weighted by Gasteiger charge is -2.35. The van der Waals surface area contributed by atoms with Crippen molar-refractivity contribution in [2.24, 2.45) is 0 Å². The van der Waals surface area contributed by atoms with Crippen LogP contribution in [0.3, 0.4) is 0 Å². The van der Waals surface area contributed by atoms with Gasteiger partial charge in [-0.2, -0.15) is 9.78 Å². The van der Waals surface area contributed by atoms with Gasteiger partial charge >= 0.3 is 5.56 Å². The van der Waals surface area contributed by atoms with Gasteiger partial charge < -0.3 is 14.5 Å². The standard InChI is InChI=1S/C29H27ClN4O3/c1-20-5-3-4-6-26(20)22-7-13-25(14-8-22)37-28-27(33-17-15-32(16-18-33)21(2)35)19-31-34(29(28)36)24-11-9-23(30)10-12-24/h3-14,19H,15-18H2,1-2H3. The van der Waals surface area contributed by atoms with Gasteiger partial charge in [-0.1, -0.05) is 48.0 Å². The molecule has 0 spiro atoms. The summed E-state index contributed by atoms with van der Waals surface area (Å²) in [6, 6.07) is 22.8. The Balaban J connectivity index is 1.51. The first-order valence-corrected chi connectivity index (χ1v) is 12.5. The summed E-state index contributed by atoms with van der Waals surface area (Å²) in [6.45, 7) is 5.94. The Bertz CT molecular complexity index is 1470. The highest BCUT2D eigenvalue weighted by molar-refractivity contribution is 6.30. The van der Waals surface area contributed by atoms with E-state index in [-0.39, 0.29) is 17.2 Å². The SMILES string of the molecule is CC(=O)N1CCN(c2cnn(-c3ccc(Cl)cc3)c(=O)c2Oc2ccc(-c3ccccc3C)cc2)CC1. The zero-order valence-corrected chi connectivity index (χ0v) is 21.5. The van der Waals surface area contributed by atoms with E-state index in [4.69, 9.17) is 16.3 Å². The lowest BCUT2D eigenvalue weighted by atomic mass is 10.0. The maximum absolute atomic E-state index is 13.7. The molecule has 1 amide bonds. The molecular formula is C29H27ClN4O3. The summed E-state index contributed by atoms with van der Waals surface area (Å²) in [5.74, 6) is 0.776. The number of halogens is 1. The highest BCUT2D eigenvalue weighted by Gasteiger charge is 2.25. The van der Waals surface area contributed by atoms with E-state index in [0.29, 0.717) is 48.3 Å². The molecule has 1 saturated heterocycles. The van der Waals surface area contributed by atoms with E-state index < -0.39 is 0 Å². The molecule has 3 aromatic carbocycles. The number of carbonyl (C=O) groups excluding carboxylic acids is 1. The summed E-state index contributed by atoms with van der Waals surface area (Å²) in [4.78, 5) is 29.3. The van der Waals surface area contributed by atoms with E-state index in [9.17, 15) is 9.59 Å². The number of carbonyl (C=O) groups is 1. The summed E-state index contributed by atoms with van der Waals surface area (Å²) in [7, 11) is 0. The van der Waals surface area contributed by atoms with Crippen LogP contribution in [0.15, 0.2) is 83.8 Å². The number of nitrogens with zero attached hydrogens (tertiary/aromatic N) is 4. The second-order valence-corrected chi connectivity index (χ2v) is 9.42. The normalized spacial score (nSPS) is 13.5. The molecule has 4 aromatic rings. The van der Waals surface area contributed by atoms with Crippen LogP contribution in [-0.2, 0) is 4.79 Å². The van der Waals surface area contributed by atoms with Crippen molar-refractivity contribution < 1.29 is 9.53 Å². The van der Waals surface area contributed by atoms with E-state index in [1.165, 1.54) is 10.2 Å². The molecule has 8 heteroatoms. The molecule has 37 heavy (non-hydrogen) atoms. The number of amides is 1. The van der Waals surface area contributed by atoms with E-state index >= 15 is 0 Å². The summed E-state index contributed by atoms with van der Waals surface area (Å²) in [5, 5.41) is 5.00. The molecule has 1 aliphatic heterocycles. The van der Waals surface area contributed by atoms with Gasteiger partial charge in [-0.15, -0.1) is 0 Å². The van der Waals surface area contributed by atoms with Gasteiger partial charge in [-0.25, -0.2) is 0 Å². The fourth-order valence-electron chi connectivity index (χ4n) is 4.50. The molecule has 5 rings (SSSR count). The number of hydrogen-bond donors (Lipinski definition) is 0. The number of aryl methyl sites for hydroxylation is 1. The second-order valence-electron chi connectivity index (χ2n) is 8.99. The van der Waals surface area contributed by atoms with Gasteiger partial charge in [-0.05, 0) is 60.0 Å². The number of aromatic nitrogens is 2. The quantitative estimate of drug-likeness (QED) is 0.360. The zero-order chi connectivity index (χ0) is 25.9. The third-order valence-corrected chi connectivity index (χ3v) is 6.83. The van der Waals surface area contributed by atoms with Crippen molar-refractivity contribution in [3.05, 3.63) is 99.9 Å². The van der Waals surface area contributed by atoms with Crippen LogP contribution in [0.2, 0.25) is 5.02 Å². The van der Waals surface area contributed by atoms with Crippen LogP contribution in [0.25, 0.3) is 16.8 Å². The van der Waals surface area contributed by atoms with E-state index in [2.05, 4.69) is 24.2 Å².